The number of thioether (sulfide) groups is 1. The molecule has 2 saturated heterocycles. The fourth-order valence-electron chi connectivity index (χ4n) is 3.73. The fourth-order valence-corrected chi connectivity index (χ4v) is 5.04. The molecule has 0 aromatic carbocycles. The largest absolute Gasteiger partial charge is 0.463 e. The maximum absolute atomic E-state index is 13.4. The lowest BCUT2D eigenvalue weighted by molar-refractivity contribution is -0.268. The molecule has 198 valence electrons. The van der Waals surface area contributed by atoms with Crippen LogP contribution >= 0.6 is 24.0 Å². The van der Waals surface area contributed by atoms with E-state index in [0.29, 0.717) is 5.56 Å². The average molecular weight is 553 g/mol. The summed E-state index contributed by atoms with van der Waals surface area (Å²) in [6.45, 7) is 4.08. The lowest BCUT2D eigenvalue weighted by Gasteiger charge is -2.46. The van der Waals surface area contributed by atoms with E-state index in [-0.39, 0.29) is 9.23 Å². The molecule has 1 aromatic heterocycles. The first-order valence-electron chi connectivity index (χ1n) is 11.0. The zero-order chi connectivity index (χ0) is 27.3. The Morgan fingerprint density at radius 3 is 2.22 bits per heavy atom. The van der Waals surface area contributed by atoms with E-state index in [4.69, 9.17) is 35.9 Å². The summed E-state index contributed by atoms with van der Waals surface area (Å²) in [7, 11) is 0. The van der Waals surface area contributed by atoms with Gasteiger partial charge in [-0.2, -0.15) is 0 Å². The molecule has 14 heteroatoms. The zero-order valence-electron chi connectivity index (χ0n) is 20.3. The van der Waals surface area contributed by atoms with Crippen molar-refractivity contribution >= 4 is 64.2 Å². The van der Waals surface area contributed by atoms with Gasteiger partial charge in [-0.05, 0) is 17.7 Å². The Labute approximate surface area is 221 Å². The van der Waals surface area contributed by atoms with Gasteiger partial charge in [0.25, 0.3) is 5.91 Å². The van der Waals surface area contributed by atoms with Crippen molar-refractivity contribution in [3.8, 4) is 0 Å². The predicted molar refractivity (Wildman–Crippen MR) is 131 cm³/mol. The van der Waals surface area contributed by atoms with Crippen molar-refractivity contribution in [3.63, 3.8) is 0 Å². The lowest BCUT2D eigenvalue weighted by Crippen LogP contribution is -2.66. The van der Waals surface area contributed by atoms with Crippen molar-refractivity contribution in [2.24, 2.45) is 0 Å². The standard InChI is InChI=1S/C23H24N2O10S2/c1-11(26)31-10-16-18(32-12(2)27)19(33-13(3)28)20(34-14(4)29)22(35-16)25-21(30)17(37-23(25)36)8-15-6-5-7-24-9-15/h5-9,16,18-20,22H,10H2,1-4H3/b17-8-/t16-,18-,19-,20-,22+/m0/s1. The first kappa shape index (κ1) is 28.2. The summed E-state index contributed by atoms with van der Waals surface area (Å²) < 4.78 is 27.4. The number of carbonyl (C=O) groups excluding carboxylic acids is 5. The van der Waals surface area contributed by atoms with Gasteiger partial charge >= 0.3 is 23.9 Å². The summed E-state index contributed by atoms with van der Waals surface area (Å²) in [5, 5.41) is 0. The van der Waals surface area contributed by atoms with Crippen LogP contribution < -0.4 is 0 Å². The van der Waals surface area contributed by atoms with Gasteiger partial charge in [-0.25, -0.2) is 0 Å². The molecule has 3 heterocycles. The monoisotopic (exact) mass is 552 g/mol. The summed E-state index contributed by atoms with van der Waals surface area (Å²) in [6, 6.07) is 3.44. The van der Waals surface area contributed by atoms with Gasteiger partial charge in [-0.1, -0.05) is 30.0 Å². The molecule has 12 nitrogen and oxygen atoms in total. The minimum Gasteiger partial charge on any atom is -0.463 e. The number of pyridine rings is 1. The smallest absolute Gasteiger partial charge is 0.303 e. The number of aromatic nitrogens is 1. The molecule has 37 heavy (non-hydrogen) atoms. The van der Waals surface area contributed by atoms with Crippen LogP contribution in [0.1, 0.15) is 33.3 Å². The molecule has 1 aromatic rings. The average Bonchev–Trinajstić information content (AvgIpc) is 3.07. The third-order valence-corrected chi connectivity index (χ3v) is 6.36. The van der Waals surface area contributed by atoms with Crippen LogP contribution in [0.25, 0.3) is 6.08 Å². The molecule has 2 fully saturated rings. The van der Waals surface area contributed by atoms with Crippen LogP contribution in [-0.2, 0) is 47.7 Å². The van der Waals surface area contributed by atoms with Gasteiger partial charge in [0, 0.05) is 40.1 Å². The number of rotatable bonds is 7. The van der Waals surface area contributed by atoms with Crippen LogP contribution in [-0.4, -0.2) is 81.2 Å². The molecule has 0 N–H and O–H groups in total. The van der Waals surface area contributed by atoms with E-state index in [9.17, 15) is 24.0 Å². The van der Waals surface area contributed by atoms with E-state index >= 15 is 0 Å². The highest BCUT2D eigenvalue weighted by Gasteiger charge is 2.56. The number of amides is 1. The molecule has 0 spiro atoms. The second-order valence-corrected chi connectivity index (χ2v) is 9.60. The quantitative estimate of drug-likeness (QED) is 0.208. The van der Waals surface area contributed by atoms with Gasteiger partial charge in [0.15, 0.2) is 28.9 Å². The highest BCUT2D eigenvalue weighted by Crippen LogP contribution is 2.39. The maximum atomic E-state index is 13.4. The van der Waals surface area contributed by atoms with Crippen LogP contribution in [0.2, 0.25) is 0 Å². The highest BCUT2D eigenvalue weighted by atomic mass is 32.2. The van der Waals surface area contributed by atoms with Crippen molar-refractivity contribution in [1.82, 2.24) is 9.88 Å². The molecule has 0 saturated carbocycles. The second-order valence-electron chi connectivity index (χ2n) is 7.93. The number of nitrogens with zero attached hydrogens (tertiary/aromatic N) is 2. The van der Waals surface area contributed by atoms with Crippen LogP contribution in [0.15, 0.2) is 29.4 Å². The number of hydrogen-bond donors (Lipinski definition) is 0. The summed E-state index contributed by atoms with van der Waals surface area (Å²) >= 11 is 6.42. The highest BCUT2D eigenvalue weighted by molar-refractivity contribution is 8.26. The normalized spacial score (nSPS) is 26.5. The minimum absolute atomic E-state index is 0.0704. The first-order valence-corrected chi connectivity index (χ1v) is 12.2. The molecular formula is C23H24N2O10S2. The molecule has 0 radical (unpaired) electrons. The lowest BCUT2D eigenvalue weighted by atomic mass is 9.96. The van der Waals surface area contributed by atoms with Gasteiger partial charge in [0.05, 0.1) is 4.91 Å². The Kier molecular flexibility index (Phi) is 9.34. The van der Waals surface area contributed by atoms with E-state index in [2.05, 4.69) is 4.98 Å². The van der Waals surface area contributed by atoms with E-state index < -0.39 is 67.0 Å². The molecule has 5 atom stereocenters. The number of thiocarbonyl (C=S) groups is 1. The van der Waals surface area contributed by atoms with Gasteiger partial charge in [-0.15, -0.1) is 0 Å². The van der Waals surface area contributed by atoms with Crippen molar-refractivity contribution in [2.75, 3.05) is 6.61 Å². The topological polar surface area (TPSA) is 148 Å². The van der Waals surface area contributed by atoms with Crippen molar-refractivity contribution in [3.05, 3.63) is 35.0 Å². The fraction of sp³-hybridized carbons (Fsp3) is 0.435. The molecule has 3 rings (SSSR count). The molecule has 2 aliphatic heterocycles. The van der Waals surface area contributed by atoms with Crippen LogP contribution in [0.3, 0.4) is 0 Å². The van der Waals surface area contributed by atoms with Gasteiger partial charge in [-0.3, -0.25) is 33.9 Å². The number of ether oxygens (including phenoxy) is 5. The van der Waals surface area contributed by atoms with Gasteiger partial charge < -0.3 is 23.7 Å². The Hall–Kier alpha value is -3.36. The third kappa shape index (κ3) is 7.11. The van der Waals surface area contributed by atoms with Crippen molar-refractivity contribution in [1.29, 1.82) is 0 Å². The number of esters is 4. The van der Waals surface area contributed by atoms with Crippen LogP contribution in [0.4, 0.5) is 0 Å². The molecule has 0 unspecified atom stereocenters. The molecule has 0 aliphatic carbocycles. The molecule has 2 aliphatic rings. The molecule has 0 bridgehead atoms. The Bertz CT molecular complexity index is 1130. The zero-order valence-corrected chi connectivity index (χ0v) is 21.9. The van der Waals surface area contributed by atoms with Crippen LogP contribution in [0, 0.1) is 0 Å². The third-order valence-electron chi connectivity index (χ3n) is 5.03. The predicted octanol–water partition coefficient (Wildman–Crippen LogP) is 1.37. The Balaban J connectivity index is 2.05. The van der Waals surface area contributed by atoms with E-state index in [1.807, 2.05) is 0 Å². The summed E-state index contributed by atoms with van der Waals surface area (Å²) in [5.41, 5.74) is 0.643. The first-order chi connectivity index (χ1) is 17.5. The number of carbonyl (C=O) groups is 5. The SMILES string of the molecule is CC(=O)OC[C@@H]1O[C@@H](N2C(=O)/C(=C/c3cccnc3)SC2=S)[C@@H](OC(C)=O)[C@@H](OC(C)=O)[C@H]1OC(C)=O. The maximum Gasteiger partial charge on any atom is 0.303 e. The number of hydrogen-bond acceptors (Lipinski definition) is 13. The Morgan fingerprint density at radius 2 is 1.65 bits per heavy atom. The van der Waals surface area contributed by atoms with Crippen molar-refractivity contribution in [2.45, 2.75) is 58.3 Å². The van der Waals surface area contributed by atoms with E-state index in [1.54, 1.807) is 30.6 Å². The summed E-state index contributed by atoms with van der Waals surface area (Å²) in [4.78, 5) is 66.2. The second kappa shape index (κ2) is 12.3. The van der Waals surface area contributed by atoms with Gasteiger partial charge in [0.2, 0.25) is 0 Å². The summed E-state index contributed by atoms with van der Waals surface area (Å²) in [5.74, 6) is -3.55. The van der Waals surface area contributed by atoms with Crippen molar-refractivity contribution < 1.29 is 47.7 Å². The minimum atomic E-state index is -1.44. The van der Waals surface area contributed by atoms with E-state index in [1.165, 1.54) is 0 Å². The van der Waals surface area contributed by atoms with Crippen LogP contribution in [0.5, 0.6) is 0 Å². The van der Waals surface area contributed by atoms with E-state index in [0.717, 1.165) is 44.4 Å². The van der Waals surface area contributed by atoms with Gasteiger partial charge in [0.1, 0.15) is 12.7 Å². The summed E-state index contributed by atoms with van der Waals surface area (Å²) in [6.07, 6.45) is -2.10. The molecule has 1 amide bonds. The Morgan fingerprint density at radius 1 is 1.03 bits per heavy atom. The molecular weight excluding hydrogens is 528 g/mol.